The van der Waals surface area contributed by atoms with E-state index in [2.05, 4.69) is 40.3 Å². The Labute approximate surface area is 141 Å². The van der Waals surface area contributed by atoms with Crippen LogP contribution in [0, 0.1) is 6.92 Å². The molecule has 122 valence electrons. The smallest absolute Gasteiger partial charge is 0.410 e. The Morgan fingerprint density at radius 2 is 2.14 bits per heavy atom. The molecule has 1 N–H and O–H groups in total. The highest BCUT2D eigenvalue weighted by atomic mass is 79.9. The first-order chi connectivity index (χ1) is 10.2. The molecule has 0 aromatic heterocycles. The molecule has 22 heavy (non-hydrogen) atoms. The number of hydrogen-bond donors (Lipinski definition) is 1. The summed E-state index contributed by atoms with van der Waals surface area (Å²) in [6, 6.07) is 6.47. The number of ether oxygens (including phenoxy) is 1. The number of nitrogens with one attached hydrogen (secondary N) is 1. The Kier molecular flexibility index (Phi) is 5.37. The van der Waals surface area contributed by atoms with E-state index in [1.54, 1.807) is 4.90 Å². The first-order valence-corrected chi connectivity index (χ1v) is 8.54. The monoisotopic (exact) mass is 368 g/mol. The molecule has 1 unspecified atom stereocenters. The minimum Gasteiger partial charge on any atom is -0.444 e. The van der Waals surface area contributed by atoms with Crippen LogP contribution in [-0.4, -0.2) is 35.7 Å². The number of nitrogens with zero attached hydrogens (tertiary/aromatic N) is 1. The number of amides is 1. The number of piperidine rings is 1. The van der Waals surface area contributed by atoms with E-state index in [4.69, 9.17) is 4.74 Å². The Morgan fingerprint density at radius 3 is 2.77 bits per heavy atom. The SMILES string of the molecule is Cc1cc(Br)ccc1NC1CCCN(C(=O)OC(C)(C)C)C1. The highest BCUT2D eigenvalue weighted by Gasteiger charge is 2.27. The van der Waals surface area contributed by atoms with Gasteiger partial charge in [0, 0.05) is 29.3 Å². The van der Waals surface area contributed by atoms with Crippen molar-refractivity contribution < 1.29 is 9.53 Å². The van der Waals surface area contributed by atoms with Crippen molar-refractivity contribution in [3.8, 4) is 0 Å². The van der Waals surface area contributed by atoms with Gasteiger partial charge in [0.25, 0.3) is 0 Å². The normalized spacial score (nSPS) is 19.0. The van der Waals surface area contributed by atoms with Crippen LogP contribution in [0.15, 0.2) is 22.7 Å². The fourth-order valence-corrected chi connectivity index (χ4v) is 3.07. The minimum atomic E-state index is -0.445. The third-order valence-corrected chi connectivity index (χ3v) is 4.11. The van der Waals surface area contributed by atoms with Crippen LogP contribution in [0.1, 0.15) is 39.2 Å². The first kappa shape index (κ1) is 17.1. The molecule has 0 radical (unpaired) electrons. The fraction of sp³-hybridized carbons (Fsp3) is 0.588. The van der Waals surface area contributed by atoms with Gasteiger partial charge < -0.3 is 15.0 Å². The number of halogens is 1. The largest absolute Gasteiger partial charge is 0.444 e. The number of anilines is 1. The maximum atomic E-state index is 12.2. The molecule has 1 saturated heterocycles. The third kappa shape index (κ3) is 4.90. The van der Waals surface area contributed by atoms with Crippen LogP contribution in [0.4, 0.5) is 10.5 Å². The summed E-state index contributed by atoms with van der Waals surface area (Å²) in [5.41, 5.74) is 1.88. The highest BCUT2D eigenvalue weighted by molar-refractivity contribution is 9.10. The van der Waals surface area contributed by atoms with E-state index in [-0.39, 0.29) is 12.1 Å². The summed E-state index contributed by atoms with van der Waals surface area (Å²) in [6.45, 7) is 9.24. The second-order valence-electron chi connectivity index (χ2n) is 6.87. The molecule has 1 aromatic carbocycles. The summed E-state index contributed by atoms with van der Waals surface area (Å²) in [6.07, 6.45) is 1.84. The lowest BCUT2D eigenvalue weighted by atomic mass is 10.0. The molecule has 1 atom stereocenters. The maximum Gasteiger partial charge on any atom is 0.410 e. The van der Waals surface area contributed by atoms with Crippen molar-refractivity contribution in [2.24, 2.45) is 0 Å². The predicted molar refractivity (Wildman–Crippen MR) is 93.3 cm³/mol. The Balaban J connectivity index is 1.97. The molecule has 1 aliphatic heterocycles. The fourth-order valence-electron chi connectivity index (χ4n) is 2.60. The van der Waals surface area contributed by atoms with Gasteiger partial charge in [-0.1, -0.05) is 15.9 Å². The first-order valence-electron chi connectivity index (χ1n) is 7.75. The summed E-state index contributed by atoms with van der Waals surface area (Å²) in [5.74, 6) is 0. The van der Waals surface area contributed by atoms with Crippen LogP contribution in [0.5, 0.6) is 0 Å². The zero-order valence-corrected chi connectivity index (χ0v) is 15.4. The quantitative estimate of drug-likeness (QED) is 0.830. The number of carbonyl (C=O) groups is 1. The molecule has 1 aromatic rings. The van der Waals surface area contributed by atoms with Gasteiger partial charge in [-0.05, 0) is 64.3 Å². The summed E-state index contributed by atoms with van der Waals surface area (Å²) >= 11 is 3.48. The van der Waals surface area contributed by atoms with E-state index in [0.29, 0.717) is 6.54 Å². The van der Waals surface area contributed by atoms with Crippen molar-refractivity contribution >= 4 is 27.7 Å². The van der Waals surface area contributed by atoms with Gasteiger partial charge in [-0.15, -0.1) is 0 Å². The topological polar surface area (TPSA) is 41.6 Å². The third-order valence-electron chi connectivity index (χ3n) is 3.62. The lowest BCUT2D eigenvalue weighted by Crippen LogP contribution is -2.47. The zero-order chi connectivity index (χ0) is 16.3. The van der Waals surface area contributed by atoms with Crippen LogP contribution in [0.2, 0.25) is 0 Å². The van der Waals surface area contributed by atoms with E-state index in [0.717, 1.165) is 29.5 Å². The van der Waals surface area contributed by atoms with Crippen LogP contribution in [-0.2, 0) is 4.74 Å². The lowest BCUT2D eigenvalue weighted by Gasteiger charge is -2.35. The number of carbonyl (C=O) groups excluding carboxylic acids is 1. The van der Waals surface area contributed by atoms with E-state index in [1.807, 2.05) is 26.8 Å². The molecule has 0 bridgehead atoms. The molecule has 0 spiro atoms. The van der Waals surface area contributed by atoms with E-state index in [9.17, 15) is 4.79 Å². The molecule has 1 aliphatic rings. The second-order valence-corrected chi connectivity index (χ2v) is 7.78. The maximum absolute atomic E-state index is 12.2. The molecule has 1 heterocycles. The van der Waals surface area contributed by atoms with E-state index >= 15 is 0 Å². The van der Waals surface area contributed by atoms with Crippen molar-refractivity contribution in [3.05, 3.63) is 28.2 Å². The van der Waals surface area contributed by atoms with E-state index < -0.39 is 5.60 Å². The molecule has 0 aliphatic carbocycles. The Bertz CT molecular complexity index is 540. The van der Waals surface area contributed by atoms with Crippen LogP contribution in [0.25, 0.3) is 0 Å². The summed E-state index contributed by atoms with van der Waals surface area (Å²) < 4.78 is 6.55. The van der Waals surface area contributed by atoms with Crippen molar-refractivity contribution in [1.29, 1.82) is 0 Å². The van der Waals surface area contributed by atoms with Gasteiger partial charge in [-0.2, -0.15) is 0 Å². The number of rotatable bonds is 2. The molecule has 2 rings (SSSR count). The highest BCUT2D eigenvalue weighted by Crippen LogP contribution is 2.23. The minimum absolute atomic E-state index is 0.216. The van der Waals surface area contributed by atoms with Gasteiger partial charge in [0.2, 0.25) is 0 Å². The predicted octanol–water partition coefficient (Wildman–Crippen LogP) is 4.57. The van der Waals surface area contributed by atoms with E-state index in [1.165, 1.54) is 5.56 Å². The van der Waals surface area contributed by atoms with Gasteiger partial charge in [0.15, 0.2) is 0 Å². The van der Waals surface area contributed by atoms with Crippen LogP contribution >= 0.6 is 15.9 Å². The number of hydrogen-bond acceptors (Lipinski definition) is 3. The summed E-state index contributed by atoms with van der Waals surface area (Å²) in [5, 5.41) is 3.55. The Hall–Kier alpha value is -1.23. The molecule has 4 nitrogen and oxygen atoms in total. The van der Waals surface area contributed by atoms with Crippen molar-refractivity contribution in [3.63, 3.8) is 0 Å². The van der Waals surface area contributed by atoms with Gasteiger partial charge in [0.1, 0.15) is 5.60 Å². The standard InChI is InChI=1S/C17H25BrN2O2/c1-12-10-13(18)7-8-15(12)19-14-6-5-9-20(11-14)16(21)22-17(2,3)4/h7-8,10,14,19H,5-6,9,11H2,1-4H3. The van der Waals surface area contributed by atoms with Crippen molar-refractivity contribution in [2.45, 2.75) is 52.2 Å². The van der Waals surface area contributed by atoms with Crippen molar-refractivity contribution in [1.82, 2.24) is 4.90 Å². The van der Waals surface area contributed by atoms with Gasteiger partial charge in [-0.3, -0.25) is 0 Å². The lowest BCUT2D eigenvalue weighted by molar-refractivity contribution is 0.0206. The van der Waals surface area contributed by atoms with Gasteiger partial charge >= 0.3 is 6.09 Å². The molecule has 5 heteroatoms. The van der Waals surface area contributed by atoms with Crippen molar-refractivity contribution in [2.75, 3.05) is 18.4 Å². The average molecular weight is 369 g/mol. The second kappa shape index (κ2) is 6.90. The summed E-state index contributed by atoms with van der Waals surface area (Å²) in [4.78, 5) is 14.0. The molecular formula is C17H25BrN2O2. The average Bonchev–Trinajstić information content (AvgIpc) is 2.40. The summed E-state index contributed by atoms with van der Waals surface area (Å²) in [7, 11) is 0. The molecule has 0 saturated carbocycles. The molecule has 1 amide bonds. The van der Waals surface area contributed by atoms with Gasteiger partial charge in [-0.25, -0.2) is 4.79 Å². The zero-order valence-electron chi connectivity index (χ0n) is 13.8. The molecule has 1 fully saturated rings. The Morgan fingerprint density at radius 1 is 1.41 bits per heavy atom. The number of likely N-dealkylation sites (tertiary alicyclic amines) is 1. The van der Waals surface area contributed by atoms with Crippen LogP contribution < -0.4 is 5.32 Å². The van der Waals surface area contributed by atoms with Gasteiger partial charge in [0.05, 0.1) is 0 Å². The molecular weight excluding hydrogens is 344 g/mol. The number of benzene rings is 1. The number of aryl methyl sites for hydroxylation is 1. The van der Waals surface area contributed by atoms with Crippen LogP contribution in [0.3, 0.4) is 0 Å².